The maximum Gasteiger partial charge on any atom is 0.323 e. The van der Waals surface area contributed by atoms with E-state index in [0.29, 0.717) is 24.5 Å². The van der Waals surface area contributed by atoms with Crippen molar-refractivity contribution in [3.05, 3.63) is 0 Å². The van der Waals surface area contributed by atoms with Crippen LogP contribution in [0, 0.1) is 5.92 Å². The molecule has 0 atom stereocenters. The summed E-state index contributed by atoms with van der Waals surface area (Å²) in [6, 6.07) is 0.379. The first kappa shape index (κ1) is 14.8. The zero-order chi connectivity index (χ0) is 14.2. The molecular weight excluding hydrogens is 254 g/mol. The van der Waals surface area contributed by atoms with Gasteiger partial charge in [-0.15, -0.1) is 0 Å². The molecule has 1 aromatic rings. The molecule has 112 valence electrons. The average molecular weight is 279 g/mol. The van der Waals surface area contributed by atoms with Crippen molar-refractivity contribution in [2.24, 2.45) is 5.92 Å². The van der Waals surface area contributed by atoms with Gasteiger partial charge in [-0.05, 0) is 32.6 Å². The molecule has 1 aromatic heterocycles. The van der Waals surface area contributed by atoms with E-state index in [-0.39, 0.29) is 0 Å². The highest BCUT2D eigenvalue weighted by atomic mass is 16.5. The molecule has 1 saturated carbocycles. The van der Waals surface area contributed by atoms with Crippen LogP contribution in [0.2, 0.25) is 0 Å². The first-order valence-electron chi connectivity index (χ1n) is 7.68. The van der Waals surface area contributed by atoms with Crippen LogP contribution >= 0.6 is 0 Å². The predicted molar refractivity (Wildman–Crippen MR) is 80.2 cm³/mol. The molecule has 0 bridgehead atoms. The highest BCUT2D eigenvalue weighted by molar-refractivity contribution is 5.35. The third-order valence-corrected chi connectivity index (χ3v) is 3.50. The minimum absolute atomic E-state index is 0.379. The summed E-state index contributed by atoms with van der Waals surface area (Å²) in [4.78, 5) is 12.9. The van der Waals surface area contributed by atoms with Gasteiger partial charge in [0.25, 0.3) is 0 Å². The number of hydrogen-bond donors (Lipinski definition) is 2. The molecule has 1 heterocycles. The first-order chi connectivity index (χ1) is 9.81. The monoisotopic (exact) mass is 279 g/mol. The summed E-state index contributed by atoms with van der Waals surface area (Å²) in [5.74, 6) is 1.90. The summed E-state index contributed by atoms with van der Waals surface area (Å²) in [5, 5.41) is 6.43. The Morgan fingerprint density at radius 1 is 1.00 bits per heavy atom. The topological polar surface area (TPSA) is 72.0 Å². The van der Waals surface area contributed by atoms with Gasteiger partial charge in [-0.25, -0.2) is 0 Å². The number of nitrogens with zero attached hydrogens (tertiary/aromatic N) is 3. The third kappa shape index (κ3) is 4.51. The van der Waals surface area contributed by atoms with E-state index < -0.39 is 0 Å². The lowest BCUT2D eigenvalue weighted by Gasteiger charge is -2.21. The predicted octanol–water partition coefficient (Wildman–Crippen LogP) is 2.69. The normalized spacial score (nSPS) is 15.9. The molecule has 1 fully saturated rings. The summed E-state index contributed by atoms with van der Waals surface area (Å²) in [6.45, 7) is 6.20. The summed E-state index contributed by atoms with van der Waals surface area (Å²) in [7, 11) is 0. The molecule has 2 rings (SSSR count). The van der Waals surface area contributed by atoms with Crippen molar-refractivity contribution in [1.82, 2.24) is 15.0 Å². The van der Waals surface area contributed by atoms with Crippen LogP contribution in [0.5, 0.6) is 6.01 Å². The van der Waals surface area contributed by atoms with Gasteiger partial charge in [0.15, 0.2) is 0 Å². The van der Waals surface area contributed by atoms with E-state index in [1.54, 1.807) is 0 Å². The maximum atomic E-state index is 5.38. The average Bonchev–Trinajstić information content (AvgIpc) is 2.47. The van der Waals surface area contributed by atoms with E-state index in [9.17, 15) is 0 Å². The zero-order valence-corrected chi connectivity index (χ0v) is 12.5. The Balaban J connectivity index is 1.97. The Hall–Kier alpha value is -1.59. The van der Waals surface area contributed by atoms with E-state index >= 15 is 0 Å². The van der Waals surface area contributed by atoms with Gasteiger partial charge < -0.3 is 15.4 Å². The van der Waals surface area contributed by atoms with Gasteiger partial charge in [0.1, 0.15) is 0 Å². The lowest BCUT2D eigenvalue weighted by Crippen LogP contribution is -2.19. The number of rotatable bonds is 7. The Morgan fingerprint density at radius 3 is 2.35 bits per heavy atom. The molecule has 0 aromatic carbocycles. The van der Waals surface area contributed by atoms with Crippen LogP contribution in [-0.4, -0.2) is 34.6 Å². The van der Waals surface area contributed by atoms with Gasteiger partial charge >= 0.3 is 6.01 Å². The molecule has 2 N–H and O–H groups in total. The Bertz CT molecular complexity index is 382. The smallest absolute Gasteiger partial charge is 0.323 e. The Kier molecular flexibility index (Phi) is 5.83. The highest BCUT2D eigenvalue weighted by Crippen LogP contribution is 2.23. The fourth-order valence-corrected chi connectivity index (χ4v) is 2.49. The van der Waals surface area contributed by atoms with Gasteiger partial charge in [-0.3, -0.25) is 0 Å². The quantitative estimate of drug-likeness (QED) is 0.799. The van der Waals surface area contributed by atoms with Crippen LogP contribution in [-0.2, 0) is 0 Å². The van der Waals surface area contributed by atoms with E-state index in [1.165, 1.54) is 32.1 Å². The standard InChI is InChI=1S/C14H25N5O/c1-3-15-12-17-13(19-14(18-12)20-4-2)16-10-11-8-6-5-7-9-11/h11H,3-10H2,1-2H3,(H2,15,16,17,18,19). The van der Waals surface area contributed by atoms with Crippen LogP contribution in [0.4, 0.5) is 11.9 Å². The molecule has 0 radical (unpaired) electrons. The largest absolute Gasteiger partial charge is 0.464 e. The third-order valence-electron chi connectivity index (χ3n) is 3.50. The summed E-state index contributed by atoms with van der Waals surface area (Å²) >= 11 is 0. The zero-order valence-electron chi connectivity index (χ0n) is 12.5. The molecule has 0 saturated heterocycles. The molecule has 0 aliphatic heterocycles. The van der Waals surface area contributed by atoms with Gasteiger partial charge in [-0.1, -0.05) is 19.3 Å². The lowest BCUT2D eigenvalue weighted by molar-refractivity contribution is 0.312. The van der Waals surface area contributed by atoms with Crippen molar-refractivity contribution >= 4 is 11.9 Å². The SMILES string of the molecule is CCNc1nc(NCC2CCCCC2)nc(OCC)n1. The Morgan fingerprint density at radius 2 is 1.70 bits per heavy atom. The van der Waals surface area contributed by atoms with Crippen LogP contribution in [0.1, 0.15) is 46.0 Å². The minimum Gasteiger partial charge on any atom is -0.464 e. The number of nitrogens with one attached hydrogen (secondary N) is 2. The van der Waals surface area contributed by atoms with Crippen LogP contribution in [0.25, 0.3) is 0 Å². The van der Waals surface area contributed by atoms with E-state index in [0.717, 1.165) is 19.0 Å². The Labute approximate surface area is 120 Å². The van der Waals surface area contributed by atoms with Gasteiger partial charge in [0.05, 0.1) is 6.61 Å². The fraction of sp³-hybridized carbons (Fsp3) is 0.786. The summed E-state index contributed by atoms with van der Waals surface area (Å²) in [6.07, 6.45) is 6.67. The molecule has 6 heteroatoms. The van der Waals surface area contributed by atoms with Crippen molar-refractivity contribution in [3.8, 4) is 6.01 Å². The molecule has 0 unspecified atom stereocenters. The molecule has 0 amide bonds. The van der Waals surface area contributed by atoms with Crippen LogP contribution in [0.3, 0.4) is 0 Å². The second-order valence-corrected chi connectivity index (χ2v) is 5.11. The maximum absolute atomic E-state index is 5.38. The second-order valence-electron chi connectivity index (χ2n) is 5.11. The molecule has 1 aliphatic carbocycles. The van der Waals surface area contributed by atoms with Crippen molar-refractivity contribution in [1.29, 1.82) is 0 Å². The van der Waals surface area contributed by atoms with Crippen molar-refractivity contribution < 1.29 is 4.74 Å². The summed E-state index contributed by atoms with van der Waals surface area (Å²) < 4.78 is 5.38. The van der Waals surface area contributed by atoms with Gasteiger partial charge in [0, 0.05) is 13.1 Å². The van der Waals surface area contributed by atoms with Crippen molar-refractivity contribution in [2.75, 3.05) is 30.3 Å². The molecular formula is C14H25N5O. The van der Waals surface area contributed by atoms with Gasteiger partial charge in [0.2, 0.25) is 11.9 Å². The van der Waals surface area contributed by atoms with E-state index in [4.69, 9.17) is 4.74 Å². The lowest BCUT2D eigenvalue weighted by atomic mass is 9.89. The highest BCUT2D eigenvalue weighted by Gasteiger charge is 2.14. The number of ether oxygens (including phenoxy) is 1. The van der Waals surface area contributed by atoms with Crippen molar-refractivity contribution in [2.45, 2.75) is 46.0 Å². The van der Waals surface area contributed by atoms with Gasteiger partial charge in [-0.2, -0.15) is 15.0 Å². The minimum atomic E-state index is 0.379. The fourth-order valence-electron chi connectivity index (χ4n) is 2.49. The molecule has 1 aliphatic rings. The van der Waals surface area contributed by atoms with E-state index in [2.05, 4.69) is 25.6 Å². The second kappa shape index (κ2) is 7.87. The number of hydrogen-bond acceptors (Lipinski definition) is 6. The summed E-state index contributed by atoms with van der Waals surface area (Å²) in [5.41, 5.74) is 0. The van der Waals surface area contributed by atoms with Crippen LogP contribution in [0.15, 0.2) is 0 Å². The molecule has 6 nitrogen and oxygen atoms in total. The molecule has 0 spiro atoms. The van der Waals surface area contributed by atoms with Crippen molar-refractivity contribution in [3.63, 3.8) is 0 Å². The molecule has 20 heavy (non-hydrogen) atoms. The first-order valence-corrected chi connectivity index (χ1v) is 7.68. The number of anilines is 2. The number of aromatic nitrogens is 3. The van der Waals surface area contributed by atoms with Crippen LogP contribution < -0.4 is 15.4 Å². The van der Waals surface area contributed by atoms with E-state index in [1.807, 2.05) is 13.8 Å².